The van der Waals surface area contributed by atoms with Gasteiger partial charge >= 0.3 is 0 Å². The van der Waals surface area contributed by atoms with Crippen LogP contribution in [0.4, 0.5) is 0 Å². The molecule has 0 amide bonds. The van der Waals surface area contributed by atoms with E-state index in [0.717, 1.165) is 24.0 Å². The van der Waals surface area contributed by atoms with Crippen molar-refractivity contribution in [2.45, 2.75) is 65.7 Å². The molecule has 0 radical (unpaired) electrons. The van der Waals surface area contributed by atoms with E-state index >= 15 is 0 Å². The number of allylic oxidation sites excluding steroid dienone is 3. The van der Waals surface area contributed by atoms with Crippen molar-refractivity contribution >= 4 is 11.4 Å². The summed E-state index contributed by atoms with van der Waals surface area (Å²) in [5.41, 5.74) is 8.44. The zero-order chi connectivity index (χ0) is 17.4. The second kappa shape index (κ2) is 4.71. The van der Waals surface area contributed by atoms with Crippen LogP contribution in [-0.2, 0) is 11.8 Å². The van der Waals surface area contributed by atoms with E-state index in [4.69, 9.17) is 0 Å². The molecule has 0 aromatic heterocycles. The molecule has 1 unspecified atom stereocenters. The Hall–Kier alpha value is -1.63. The molecule has 0 N–H and O–H groups in total. The Kier molecular flexibility index (Phi) is 3.12. The number of rotatable bonds is 0. The highest BCUT2D eigenvalue weighted by Crippen LogP contribution is 2.56. The third-order valence-corrected chi connectivity index (χ3v) is 7.09. The molecule has 1 aromatic carbocycles. The molecule has 1 atom stereocenters. The molecule has 24 heavy (non-hydrogen) atoms. The SMILES string of the molecule is C=C1C(=O)c2c(ccc3c2CCCC3(C)C)C2=C1C(C)(C)C(C)C2. The van der Waals surface area contributed by atoms with Crippen LogP contribution >= 0.6 is 0 Å². The van der Waals surface area contributed by atoms with Gasteiger partial charge in [-0.3, -0.25) is 4.79 Å². The van der Waals surface area contributed by atoms with Crippen LogP contribution < -0.4 is 0 Å². The molecular weight excluding hydrogens is 292 g/mol. The number of fused-ring (bicyclic) bond motifs is 4. The van der Waals surface area contributed by atoms with Crippen LogP contribution in [0.5, 0.6) is 0 Å². The van der Waals surface area contributed by atoms with Crippen LogP contribution in [0.25, 0.3) is 5.57 Å². The summed E-state index contributed by atoms with van der Waals surface area (Å²) in [6.07, 6.45) is 4.46. The first-order chi connectivity index (χ1) is 11.2. The van der Waals surface area contributed by atoms with Crippen molar-refractivity contribution in [2.75, 3.05) is 0 Å². The summed E-state index contributed by atoms with van der Waals surface area (Å²) in [6.45, 7) is 15.7. The third-order valence-electron chi connectivity index (χ3n) is 7.09. The highest BCUT2D eigenvalue weighted by atomic mass is 16.1. The van der Waals surface area contributed by atoms with E-state index in [2.05, 4.69) is 53.3 Å². The maximum Gasteiger partial charge on any atom is 0.193 e. The number of carbonyl (C=O) groups excluding carboxylic acids is 1. The van der Waals surface area contributed by atoms with E-state index in [1.165, 1.54) is 40.7 Å². The Balaban J connectivity index is 2.02. The molecule has 0 aliphatic heterocycles. The first-order valence-corrected chi connectivity index (χ1v) is 9.30. The lowest BCUT2D eigenvalue weighted by molar-refractivity contribution is 0.103. The molecule has 0 saturated heterocycles. The maximum absolute atomic E-state index is 13.3. The molecule has 1 heteroatoms. The Bertz CT molecular complexity index is 817. The van der Waals surface area contributed by atoms with Gasteiger partial charge in [0.1, 0.15) is 0 Å². The predicted molar refractivity (Wildman–Crippen MR) is 100 cm³/mol. The summed E-state index contributed by atoms with van der Waals surface area (Å²) < 4.78 is 0. The lowest BCUT2D eigenvalue weighted by atomic mass is 9.67. The molecule has 1 aromatic rings. The highest BCUT2D eigenvalue weighted by molar-refractivity contribution is 6.19. The molecule has 126 valence electrons. The summed E-state index contributed by atoms with van der Waals surface area (Å²) in [6, 6.07) is 4.53. The van der Waals surface area contributed by atoms with Crippen LogP contribution in [-0.4, -0.2) is 5.78 Å². The molecule has 4 rings (SSSR count). The van der Waals surface area contributed by atoms with Gasteiger partial charge in [-0.05, 0) is 70.3 Å². The Labute approximate surface area is 145 Å². The van der Waals surface area contributed by atoms with Crippen LogP contribution in [0.15, 0.2) is 29.9 Å². The minimum atomic E-state index is 0.0366. The Morgan fingerprint density at radius 1 is 1.17 bits per heavy atom. The lowest BCUT2D eigenvalue weighted by Gasteiger charge is -2.36. The number of ketones is 1. The monoisotopic (exact) mass is 320 g/mol. The van der Waals surface area contributed by atoms with Gasteiger partial charge in [0, 0.05) is 11.1 Å². The average Bonchev–Trinajstić information content (AvgIpc) is 2.74. The molecule has 0 fully saturated rings. The van der Waals surface area contributed by atoms with Crippen LogP contribution in [0, 0.1) is 11.3 Å². The van der Waals surface area contributed by atoms with E-state index in [0.29, 0.717) is 5.92 Å². The van der Waals surface area contributed by atoms with E-state index < -0.39 is 0 Å². The van der Waals surface area contributed by atoms with Crippen LogP contribution in [0.2, 0.25) is 0 Å². The number of hydrogen-bond acceptors (Lipinski definition) is 1. The van der Waals surface area contributed by atoms with Crippen molar-refractivity contribution in [3.8, 4) is 0 Å². The molecule has 3 aliphatic carbocycles. The molecular formula is C23H28O. The molecule has 0 spiro atoms. The van der Waals surface area contributed by atoms with E-state index in [1.54, 1.807) is 0 Å². The summed E-state index contributed by atoms with van der Waals surface area (Å²) in [5, 5.41) is 0. The van der Waals surface area contributed by atoms with Gasteiger partial charge in [0.15, 0.2) is 5.78 Å². The normalized spacial score (nSPS) is 27.0. The van der Waals surface area contributed by atoms with E-state index in [-0.39, 0.29) is 16.6 Å². The Morgan fingerprint density at radius 3 is 2.58 bits per heavy atom. The second-order valence-electron chi connectivity index (χ2n) is 9.24. The number of Topliss-reactive ketones (excluding diaryl/α,β-unsaturated/α-hetero) is 1. The quantitative estimate of drug-likeness (QED) is 0.546. The topological polar surface area (TPSA) is 17.1 Å². The van der Waals surface area contributed by atoms with Crippen LogP contribution in [0.1, 0.15) is 80.9 Å². The van der Waals surface area contributed by atoms with E-state index in [1.807, 2.05) is 0 Å². The smallest absolute Gasteiger partial charge is 0.193 e. The van der Waals surface area contributed by atoms with Crippen LogP contribution in [0.3, 0.4) is 0 Å². The zero-order valence-corrected chi connectivity index (χ0v) is 15.7. The van der Waals surface area contributed by atoms with Crippen molar-refractivity contribution in [2.24, 2.45) is 11.3 Å². The fraction of sp³-hybridized carbons (Fsp3) is 0.522. The number of hydrogen-bond donors (Lipinski definition) is 0. The van der Waals surface area contributed by atoms with Crippen molar-refractivity contribution < 1.29 is 4.79 Å². The van der Waals surface area contributed by atoms with Gasteiger partial charge in [-0.2, -0.15) is 0 Å². The van der Waals surface area contributed by atoms with Gasteiger partial charge in [-0.25, -0.2) is 0 Å². The Morgan fingerprint density at radius 2 is 1.88 bits per heavy atom. The summed E-state index contributed by atoms with van der Waals surface area (Å²) in [7, 11) is 0. The number of carbonyl (C=O) groups is 1. The van der Waals surface area contributed by atoms with Gasteiger partial charge in [-0.1, -0.05) is 53.3 Å². The molecule has 3 aliphatic rings. The zero-order valence-electron chi connectivity index (χ0n) is 15.7. The first kappa shape index (κ1) is 15.9. The van der Waals surface area contributed by atoms with E-state index in [9.17, 15) is 4.79 Å². The fourth-order valence-corrected chi connectivity index (χ4v) is 5.27. The molecule has 0 saturated carbocycles. The maximum atomic E-state index is 13.3. The minimum absolute atomic E-state index is 0.0366. The van der Waals surface area contributed by atoms with Crippen molar-refractivity contribution in [3.05, 3.63) is 52.1 Å². The third kappa shape index (κ3) is 1.84. The lowest BCUT2D eigenvalue weighted by Crippen LogP contribution is -2.29. The van der Waals surface area contributed by atoms with Crippen molar-refractivity contribution in [1.29, 1.82) is 0 Å². The summed E-state index contributed by atoms with van der Waals surface area (Å²) in [5.74, 6) is 0.728. The van der Waals surface area contributed by atoms with Gasteiger partial charge in [0.05, 0.1) is 0 Å². The van der Waals surface area contributed by atoms with Gasteiger partial charge < -0.3 is 0 Å². The summed E-state index contributed by atoms with van der Waals surface area (Å²) in [4.78, 5) is 13.3. The number of benzene rings is 1. The highest BCUT2D eigenvalue weighted by Gasteiger charge is 2.46. The summed E-state index contributed by atoms with van der Waals surface area (Å²) >= 11 is 0. The van der Waals surface area contributed by atoms with Gasteiger partial charge in [0.25, 0.3) is 0 Å². The van der Waals surface area contributed by atoms with Crippen molar-refractivity contribution in [3.63, 3.8) is 0 Å². The molecule has 0 heterocycles. The minimum Gasteiger partial charge on any atom is -0.289 e. The molecule has 0 bridgehead atoms. The standard InChI is InChI=1S/C23H28O/c1-13-12-17-15-9-10-18-16(8-7-11-22(18,3)4)19(15)21(24)14(2)20(17)23(13,5)6/h9-10,13H,2,7-8,11-12H2,1,3-6H3. The van der Waals surface area contributed by atoms with Gasteiger partial charge in [0.2, 0.25) is 0 Å². The van der Waals surface area contributed by atoms with Crippen molar-refractivity contribution in [1.82, 2.24) is 0 Å². The predicted octanol–water partition coefficient (Wildman–Crippen LogP) is 5.87. The first-order valence-electron chi connectivity index (χ1n) is 9.30. The average molecular weight is 320 g/mol. The fourth-order valence-electron chi connectivity index (χ4n) is 5.27. The second-order valence-corrected chi connectivity index (χ2v) is 9.24. The van der Waals surface area contributed by atoms with Gasteiger partial charge in [-0.15, -0.1) is 0 Å². The largest absolute Gasteiger partial charge is 0.289 e. The molecule has 1 nitrogen and oxygen atoms in total.